The molecule has 1 aliphatic heterocycles. The zero-order valence-corrected chi connectivity index (χ0v) is 13.2. The van der Waals surface area contributed by atoms with Gasteiger partial charge >= 0.3 is 0 Å². The molecule has 1 aromatic carbocycles. The Morgan fingerprint density at radius 2 is 2.04 bits per heavy atom. The minimum atomic E-state index is -0.353. The molecule has 1 saturated heterocycles. The van der Waals surface area contributed by atoms with Gasteiger partial charge in [-0.1, -0.05) is 12.8 Å². The van der Waals surface area contributed by atoms with Crippen molar-refractivity contribution in [2.45, 2.75) is 51.2 Å². The molecule has 0 spiro atoms. The van der Waals surface area contributed by atoms with E-state index in [2.05, 4.69) is 10.00 Å². The van der Waals surface area contributed by atoms with Crippen LogP contribution >= 0.6 is 0 Å². The molecule has 6 nitrogen and oxygen atoms in total. The lowest BCUT2D eigenvalue weighted by molar-refractivity contribution is -0.384. The maximum atomic E-state index is 10.9. The molecule has 2 unspecified atom stereocenters. The van der Waals surface area contributed by atoms with E-state index in [1.54, 1.807) is 18.3 Å². The first-order valence-electron chi connectivity index (χ1n) is 8.56. The zero-order chi connectivity index (χ0) is 15.8. The quantitative estimate of drug-likeness (QED) is 0.642. The van der Waals surface area contributed by atoms with E-state index in [0.29, 0.717) is 6.04 Å². The maximum Gasteiger partial charge on any atom is 0.270 e. The van der Waals surface area contributed by atoms with Crippen molar-refractivity contribution in [2.75, 3.05) is 6.54 Å². The van der Waals surface area contributed by atoms with Gasteiger partial charge in [0.15, 0.2) is 0 Å². The third-order valence-corrected chi connectivity index (χ3v) is 5.51. The molecule has 1 aromatic heterocycles. The summed E-state index contributed by atoms with van der Waals surface area (Å²) in [5, 5.41) is 16.2. The lowest BCUT2D eigenvalue weighted by Crippen LogP contribution is -2.47. The third kappa shape index (κ3) is 2.72. The van der Waals surface area contributed by atoms with Crippen LogP contribution in [0.1, 0.15) is 38.5 Å². The van der Waals surface area contributed by atoms with Gasteiger partial charge in [-0.3, -0.25) is 19.7 Å². The standard InChI is InChI=1S/C17H22N4O2/c22-21(23)15-7-8-17-14(10-15)11-18-20(17)12-19-9-3-5-13-4-1-2-6-16(13)19/h7-8,10-11,13,16H,1-6,9,12H2. The fourth-order valence-corrected chi connectivity index (χ4v) is 4.38. The van der Waals surface area contributed by atoms with Crippen molar-refractivity contribution >= 4 is 16.6 Å². The van der Waals surface area contributed by atoms with E-state index in [1.807, 2.05) is 10.7 Å². The molecule has 1 aliphatic carbocycles. The third-order valence-electron chi connectivity index (χ3n) is 5.51. The number of fused-ring (bicyclic) bond motifs is 2. The van der Waals surface area contributed by atoms with Crippen LogP contribution < -0.4 is 0 Å². The lowest BCUT2D eigenvalue weighted by atomic mass is 9.78. The average molecular weight is 314 g/mol. The molecule has 122 valence electrons. The summed E-state index contributed by atoms with van der Waals surface area (Å²) in [6.45, 7) is 1.93. The van der Waals surface area contributed by atoms with E-state index in [1.165, 1.54) is 38.5 Å². The van der Waals surface area contributed by atoms with Crippen molar-refractivity contribution < 1.29 is 4.92 Å². The molecule has 6 heteroatoms. The minimum Gasteiger partial charge on any atom is -0.281 e. The molecule has 0 bridgehead atoms. The number of aromatic nitrogens is 2. The molecule has 23 heavy (non-hydrogen) atoms. The normalized spacial score (nSPS) is 25.4. The van der Waals surface area contributed by atoms with Crippen LogP contribution in [0, 0.1) is 16.0 Å². The van der Waals surface area contributed by atoms with Gasteiger partial charge in [-0.15, -0.1) is 0 Å². The monoisotopic (exact) mass is 314 g/mol. The molecule has 0 radical (unpaired) electrons. The Labute approximate surface area is 135 Å². The van der Waals surface area contributed by atoms with E-state index in [0.717, 1.165) is 30.0 Å². The van der Waals surface area contributed by atoms with Gasteiger partial charge < -0.3 is 0 Å². The van der Waals surface area contributed by atoms with Crippen molar-refractivity contribution in [2.24, 2.45) is 5.92 Å². The summed E-state index contributed by atoms with van der Waals surface area (Å²) >= 11 is 0. The second-order valence-electron chi connectivity index (χ2n) is 6.85. The summed E-state index contributed by atoms with van der Waals surface area (Å²) in [5.41, 5.74) is 1.11. The van der Waals surface area contributed by atoms with Gasteiger partial charge in [0, 0.05) is 30.1 Å². The molecular formula is C17H22N4O2. The number of hydrogen-bond acceptors (Lipinski definition) is 4. The van der Waals surface area contributed by atoms with Gasteiger partial charge in [-0.05, 0) is 37.7 Å². The Balaban J connectivity index is 1.58. The van der Waals surface area contributed by atoms with Crippen molar-refractivity contribution in [1.82, 2.24) is 14.7 Å². The number of benzene rings is 1. The van der Waals surface area contributed by atoms with E-state index in [4.69, 9.17) is 0 Å². The molecule has 0 amide bonds. The first-order chi connectivity index (χ1) is 11.2. The molecule has 1 saturated carbocycles. The Morgan fingerprint density at radius 1 is 1.22 bits per heavy atom. The average Bonchev–Trinajstić information content (AvgIpc) is 2.97. The highest BCUT2D eigenvalue weighted by Crippen LogP contribution is 2.35. The van der Waals surface area contributed by atoms with Gasteiger partial charge in [-0.25, -0.2) is 0 Å². The predicted molar refractivity (Wildman–Crippen MR) is 88.1 cm³/mol. The fourth-order valence-electron chi connectivity index (χ4n) is 4.38. The molecular weight excluding hydrogens is 292 g/mol. The van der Waals surface area contributed by atoms with Crippen LogP contribution in [0.25, 0.3) is 10.9 Å². The van der Waals surface area contributed by atoms with Gasteiger partial charge in [0.2, 0.25) is 0 Å². The highest BCUT2D eigenvalue weighted by atomic mass is 16.6. The number of non-ortho nitro benzene ring substituents is 1. The number of likely N-dealkylation sites (tertiary alicyclic amines) is 1. The Kier molecular flexibility index (Phi) is 3.77. The van der Waals surface area contributed by atoms with Crippen molar-refractivity contribution in [3.05, 3.63) is 34.5 Å². The number of nitro benzene ring substituents is 1. The van der Waals surface area contributed by atoms with Crippen LogP contribution in [0.5, 0.6) is 0 Å². The fraction of sp³-hybridized carbons (Fsp3) is 0.588. The number of rotatable bonds is 3. The van der Waals surface area contributed by atoms with Crippen LogP contribution in [0.4, 0.5) is 5.69 Å². The summed E-state index contributed by atoms with van der Waals surface area (Å²) in [5.74, 6) is 0.848. The van der Waals surface area contributed by atoms with Gasteiger partial charge in [-0.2, -0.15) is 5.10 Å². The second kappa shape index (κ2) is 5.92. The Morgan fingerprint density at radius 3 is 2.91 bits per heavy atom. The lowest BCUT2D eigenvalue weighted by Gasteiger charge is -2.44. The van der Waals surface area contributed by atoms with Crippen LogP contribution in [0.15, 0.2) is 24.4 Å². The summed E-state index contributed by atoms with van der Waals surface area (Å²) in [6.07, 6.45) is 9.76. The van der Waals surface area contributed by atoms with Crippen LogP contribution in [0.3, 0.4) is 0 Å². The zero-order valence-electron chi connectivity index (χ0n) is 13.2. The predicted octanol–water partition coefficient (Wildman–Crippen LogP) is 3.56. The van der Waals surface area contributed by atoms with E-state index in [-0.39, 0.29) is 10.6 Å². The molecule has 2 heterocycles. The summed E-state index contributed by atoms with van der Waals surface area (Å²) in [7, 11) is 0. The number of nitro groups is 1. The smallest absolute Gasteiger partial charge is 0.270 e. The molecule has 2 atom stereocenters. The summed E-state index contributed by atoms with van der Waals surface area (Å²) in [4.78, 5) is 13.1. The molecule has 2 fully saturated rings. The second-order valence-corrected chi connectivity index (χ2v) is 6.85. The highest BCUT2D eigenvalue weighted by molar-refractivity contribution is 5.81. The van der Waals surface area contributed by atoms with Crippen LogP contribution in [-0.2, 0) is 6.67 Å². The largest absolute Gasteiger partial charge is 0.281 e. The van der Waals surface area contributed by atoms with E-state index >= 15 is 0 Å². The minimum absolute atomic E-state index is 0.127. The van der Waals surface area contributed by atoms with Crippen LogP contribution in [0.2, 0.25) is 0 Å². The summed E-state index contributed by atoms with van der Waals surface area (Å²) in [6, 6.07) is 5.69. The van der Waals surface area contributed by atoms with Gasteiger partial charge in [0.05, 0.1) is 23.3 Å². The van der Waals surface area contributed by atoms with Gasteiger partial charge in [0.25, 0.3) is 5.69 Å². The van der Waals surface area contributed by atoms with Crippen molar-refractivity contribution in [3.63, 3.8) is 0 Å². The van der Waals surface area contributed by atoms with E-state index < -0.39 is 0 Å². The Bertz CT molecular complexity index is 724. The Hall–Kier alpha value is -1.95. The van der Waals surface area contributed by atoms with Gasteiger partial charge in [0.1, 0.15) is 0 Å². The molecule has 4 rings (SSSR count). The number of nitrogens with zero attached hydrogens (tertiary/aromatic N) is 4. The van der Waals surface area contributed by atoms with Crippen molar-refractivity contribution in [1.29, 1.82) is 0 Å². The molecule has 0 N–H and O–H groups in total. The van der Waals surface area contributed by atoms with Crippen molar-refractivity contribution in [3.8, 4) is 0 Å². The van der Waals surface area contributed by atoms with Crippen LogP contribution in [-0.4, -0.2) is 32.2 Å². The number of piperidine rings is 1. The number of hydrogen-bond donors (Lipinski definition) is 0. The highest BCUT2D eigenvalue weighted by Gasteiger charge is 2.33. The molecule has 2 aliphatic rings. The first-order valence-corrected chi connectivity index (χ1v) is 8.56. The first kappa shape index (κ1) is 14.6. The topological polar surface area (TPSA) is 64.2 Å². The van der Waals surface area contributed by atoms with E-state index in [9.17, 15) is 10.1 Å². The SMILES string of the molecule is O=[N+]([O-])c1ccc2c(cnn2CN2CCCC3CCCCC32)c1. The maximum absolute atomic E-state index is 10.9. The summed E-state index contributed by atoms with van der Waals surface area (Å²) < 4.78 is 2.00. The molecule has 2 aromatic rings.